The van der Waals surface area contributed by atoms with Crippen molar-refractivity contribution < 1.29 is 9.59 Å². The van der Waals surface area contributed by atoms with Crippen LogP contribution in [0, 0.1) is 13.8 Å². The number of carbonyl (C=O) groups excluding carboxylic acids is 2. The van der Waals surface area contributed by atoms with Crippen molar-refractivity contribution in [1.29, 1.82) is 0 Å². The van der Waals surface area contributed by atoms with Crippen LogP contribution in [-0.4, -0.2) is 17.5 Å². The van der Waals surface area contributed by atoms with Gasteiger partial charge in [-0.15, -0.1) is 0 Å². The molecule has 5 heteroatoms. The molecule has 0 atom stereocenters. The summed E-state index contributed by atoms with van der Waals surface area (Å²) in [6.07, 6.45) is 3.92. The number of rotatable bonds is 7. The van der Waals surface area contributed by atoms with E-state index in [0.717, 1.165) is 22.4 Å². The fourth-order valence-electron chi connectivity index (χ4n) is 2.42. The summed E-state index contributed by atoms with van der Waals surface area (Å²) < 4.78 is 0. The largest absolute Gasteiger partial charge is 0.326 e. The van der Waals surface area contributed by atoms with Crippen molar-refractivity contribution in [3.05, 3.63) is 71.3 Å². The van der Waals surface area contributed by atoms with Gasteiger partial charge in [0.15, 0.2) is 0 Å². The number of carbonyl (C=O) groups is 2. The van der Waals surface area contributed by atoms with Crippen LogP contribution in [0.1, 0.15) is 36.5 Å². The maximum absolute atomic E-state index is 12.0. The lowest BCUT2D eigenvalue weighted by Crippen LogP contribution is -2.21. The van der Waals surface area contributed by atoms with Crippen molar-refractivity contribution in [3.63, 3.8) is 0 Å². The highest BCUT2D eigenvalue weighted by atomic mass is 16.2. The van der Waals surface area contributed by atoms with Gasteiger partial charge in [0, 0.05) is 18.5 Å². The van der Waals surface area contributed by atoms with E-state index in [-0.39, 0.29) is 24.7 Å². The van der Waals surface area contributed by atoms with Crippen LogP contribution in [0.4, 0.5) is 5.69 Å². The number of nitrogens with one attached hydrogen (secondary N) is 2. The number of hydrazone groups is 1. The Balaban J connectivity index is 1.76. The Labute approximate surface area is 160 Å². The second-order valence-electron chi connectivity index (χ2n) is 6.40. The lowest BCUT2D eigenvalue weighted by Gasteiger charge is -2.08. The summed E-state index contributed by atoms with van der Waals surface area (Å²) in [5, 5.41) is 6.85. The van der Waals surface area contributed by atoms with E-state index < -0.39 is 0 Å². The Bertz CT molecular complexity index is 855. The number of aryl methyl sites for hydroxylation is 2. The zero-order valence-electron chi connectivity index (χ0n) is 16.0. The molecule has 2 aromatic rings. The van der Waals surface area contributed by atoms with Crippen LogP contribution >= 0.6 is 0 Å². The summed E-state index contributed by atoms with van der Waals surface area (Å²) in [5.74, 6) is -0.486. The van der Waals surface area contributed by atoms with E-state index in [2.05, 4.69) is 15.8 Å². The topological polar surface area (TPSA) is 70.6 Å². The Kier molecular flexibility index (Phi) is 7.49. The Hall–Kier alpha value is -3.21. The Morgan fingerprint density at radius 3 is 2.41 bits per heavy atom. The van der Waals surface area contributed by atoms with Crippen LogP contribution in [-0.2, 0) is 9.59 Å². The Morgan fingerprint density at radius 2 is 1.70 bits per heavy atom. The molecule has 0 spiro atoms. The highest BCUT2D eigenvalue weighted by Gasteiger charge is 2.08. The van der Waals surface area contributed by atoms with Crippen molar-refractivity contribution in [3.8, 4) is 0 Å². The minimum Gasteiger partial charge on any atom is -0.326 e. The lowest BCUT2D eigenvalue weighted by molar-refractivity contribution is -0.124. The highest BCUT2D eigenvalue weighted by Crippen LogP contribution is 2.16. The molecular formula is C22H25N3O2. The lowest BCUT2D eigenvalue weighted by atomic mass is 10.1. The molecule has 140 valence electrons. The number of amides is 2. The molecule has 0 aromatic heterocycles. The van der Waals surface area contributed by atoms with Gasteiger partial charge in [0.25, 0.3) is 0 Å². The molecule has 27 heavy (non-hydrogen) atoms. The first-order valence-electron chi connectivity index (χ1n) is 8.87. The molecule has 0 heterocycles. The van der Waals surface area contributed by atoms with Gasteiger partial charge in [0.05, 0.1) is 5.71 Å². The van der Waals surface area contributed by atoms with E-state index in [1.165, 1.54) is 0 Å². The molecule has 0 bridgehead atoms. The molecule has 0 saturated carbocycles. The number of hydrogen-bond acceptors (Lipinski definition) is 3. The van der Waals surface area contributed by atoms with Gasteiger partial charge >= 0.3 is 0 Å². The van der Waals surface area contributed by atoms with E-state index in [1.54, 1.807) is 6.92 Å². The standard InChI is InChI=1S/C22H25N3O2/c1-16-9-12-20(17(2)15-16)23-21(26)13-14-22(27)25-24-18(3)10-11-19-7-5-4-6-8-19/h4-12,15H,13-14H2,1-3H3,(H,23,26)(H,25,27)/b11-10+,24-18?. The van der Waals surface area contributed by atoms with Crippen molar-refractivity contribution in [1.82, 2.24) is 5.43 Å². The van der Waals surface area contributed by atoms with Crippen LogP contribution in [0.5, 0.6) is 0 Å². The third-order valence-electron chi connectivity index (χ3n) is 3.91. The summed E-state index contributed by atoms with van der Waals surface area (Å²) in [6, 6.07) is 15.6. The predicted octanol–water partition coefficient (Wildman–Crippen LogP) is 4.23. The van der Waals surface area contributed by atoms with Crippen LogP contribution in [0.3, 0.4) is 0 Å². The predicted molar refractivity (Wildman–Crippen MR) is 111 cm³/mol. The third-order valence-corrected chi connectivity index (χ3v) is 3.91. The average Bonchev–Trinajstić information content (AvgIpc) is 2.66. The fourth-order valence-corrected chi connectivity index (χ4v) is 2.42. The first-order valence-corrected chi connectivity index (χ1v) is 8.87. The molecule has 2 aromatic carbocycles. The molecule has 0 saturated heterocycles. The van der Waals surface area contributed by atoms with Gasteiger partial charge in [0.2, 0.25) is 11.8 Å². The second-order valence-corrected chi connectivity index (χ2v) is 6.40. The Morgan fingerprint density at radius 1 is 1.00 bits per heavy atom. The van der Waals surface area contributed by atoms with Crippen LogP contribution in [0.15, 0.2) is 59.7 Å². The molecular weight excluding hydrogens is 338 g/mol. The summed E-state index contributed by atoms with van der Waals surface area (Å²) in [7, 11) is 0. The number of benzene rings is 2. The van der Waals surface area contributed by atoms with Gasteiger partial charge < -0.3 is 5.32 Å². The van der Waals surface area contributed by atoms with Gasteiger partial charge in [-0.2, -0.15) is 5.10 Å². The summed E-state index contributed by atoms with van der Waals surface area (Å²) in [6.45, 7) is 5.74. The smallest absolute Gasteiger partial charge is 0.240 e. The SMILES string of the molecule is CC(/C=C/c1ccccc1)=NNC(=O)CCC(=O)Nc1ccc(C)cc1C. The first kappa shape index (κ1) is 20.1. The monoisotopic (exact) mass is 363 g/mol. The number of nitrogens with zero attached hydrogens (tertiary/aromatic N) is 1. The van der Waals surface area contributed by atoms with E-state index in [9.17, 15) is 9.59 Å². The first-order chi connectivity index (χ1) is 12.9. The number of hydrogen-bond donors (Lipinski definition) is 2. The van der Waals surface area contributed by atoms with E-state index in [4.69, 9.17) is 0 Å². The highest BCUT2D eigenvalue weighted by molar-refractivity contribution is 5.97. The molecule has 0 unspecified atom stereocenters. The second kappa shape index (κ2) is 10.1. The molecule has 0 aliphatic rings. The van der Waals surface area contributed by atoms with Crippen molar-refractivity contribution in [2.45, 2.75) is 33.6 Å². The van der Waals surface area contributed by atoms with E-state index in [1.807, 2.05) is 74.5 Å². The van der Waals surface area contributed by atoms with E-state index in [0.29, 0.717) is 5.71 Å². The van der Waals surface area contributed by atoms with E-state index >= 15 is 0 Å². The minimum atomic E-state index is -0.293. The average molecular weight is 363 g/mol. The summed E-state index contributed by atoms with van der Waals surface area (Å²) in [5.41, 5.74) is 7.11. The van der Waals surface area contributed by atoms with Crippen molar-refractivity contribution in [2.24, 2.45) is 5.10 Å². The molecule has 5 nitrogen and oxygen atoms in total. The zero-order valence-corrected chi connectivity index (χ0v) is 16.0. The minimum absolute atomic E-state index is 0.0793. The van der Waals surface area contributed by atoms with Crippen molar-refractivity contribution >= 4 is 29.3 Å². The fraction of sp³-hybridized carbons (Fsp3) is 0.227. The summed E-state index contributed by atoms with van der Waals surface area (Å²) >= 11 is 0. The molecule has 0 fully saturated rings. The normalized spacial score (nSPS) is 11.4. The molecule has 0 aliphatic carbocycles. The van der Waals surface area contributed by atoms with Gasteiger partial charge in [-0.05, 0) is 44.0 Å². The molecule has 2 rings (SSSR count). The maximum Gasteiger partial charge on any atom is 0.240 e. The number of allylic oxidation sites excluding steroid dienone is 1. The summed E-state index contributed by atoms with van der Waals surface area (Å²) in [4.78, 5) is 23.9. The molecule has 0 radical (unpaired) electrons. The van der Waals surface area contributed by atoms with Gasteiger partial charge in [-0.1, -0.05) is 54.1 Å². The van der Waals surface area contributed by atoms with Crippen molar-refractivity contribution in [2.75, 3.05) is 5.32 Å². The van der Waals surface area contributed by atoms with Gasteiger partial charge in [-0.3, -0.25) is 9.59 Å². The zero-order chi connectivity index (χ0) is 19.6. The molecule has 0 aliphatic heterocycles. The quantitative estimate of drug-likeness (QED) is 0.571. The van der Waals surface area contributed by atoms with Crippen LogP contribution in [0.2, 0.25) is 0 Å². The van der Waals surface area contributed by atoms with Gasteiger partial charge in [0.1, 0.15) is 0 Å². The molecule has 2 N–H and O–H groups in total. The van der Waals surface area contributed by atoms with Gasteiger partial charge in [-0.25, -0.2) is 5.43 Å². The maximum atomic E-state index is 12.0. The third kappa shape index (κ3) is 7.28. The van der Waals surface area contributed by atoms with Crippen LogP contribution < -0.4 is 10.7 Å². The number of anilines is 1. The van der Waals surface area contributed by atoms with Crippen LogP contribution in [0.25, 0.3) is 6.08 Å². The molecule has 2 amide bonds.